The molecule has 0 saturated heterocycles. The summed E-state index contributed by atoms with van der Waals surface area (Å²) in [6.07, 6.45) is 1.85. The van der Waals surface area contributed by atoms with Crippen LogP contribution in [0.1, 0.15) is 24.8 Å². The van der Waals surface area contributed by atoms with Crippen LogP contribution in [0.5, 0.6) is 17.2 Å². The first kappa shape index (κ1) is 20.0. The number of hydrogen-bond acceptors (Lipinski definition) is 6. The zero-order valence-corrected chi connectivity index (χ0v) is 17.5. The molecule has 3 aliphatic rings. The van der Waals surface area contributed by atoms with Crippen LogP contribution in [-0.2, 0) is 11.3 Å². The minimum atomic E-state index is -0.699. The van der Waals surface area contributed by atoms with Crippen LogP contribution in [0.2, 0.25) is 0 Å². The summed E-state index contributed by atoms with van der Waals surface area (Å²) in [6.45, 7) is 2.62. The molecule has 164 valence electrons. The van der Waals surface area contributed by atoms with Gasteiger partial charge in [0, 0.05) is 36.8 Å². The quantitative estimate of drug-likeness (QED) is 0.769. The van der Waals surface area contributed by atoms with Crippen molar-refractivity contribution in [2.45, 2.75) is 38.0 Å². The minimum Gasteiger partial charge on any atom is -0.491 e. The van der Waals surface area contributed by atoms with E-state index in [4.69, 9.17) is 14.2 Å². The zero-order valence-electron chi connectivity index (χ0n) is 17.5. The van der Waals surface area contributed by atoms with Gasteiger partial charge < -0.3 is 29.1 Å². The Balaban J connectivity index is 1.38. The van der Waals surface area contributed by atoms with Gasteiger partial charge in [0.1, 0.15) is 31.7 Å². The highest BCUT2D eigenvalue weighted by Gasteiger charge is 2.36. The lowest BCUT2D eigenvalue weighted by atomic mass is 10.0. The van der Waals surface area contributed by atoms with Crippen molar-refractivity contribution in [1.29, 1.82) is 0 Å². The van der Waals surface area contributed by atoms with E-state index in [0.717, 1.165) is 41.3 Å². The van der Waals surface area contributed by atoms with E-state index in [0.29, 0.717) is 45.3 Å². The van der Waals surface area contributed by atoms with Gasteiger partial charge in [-0.25, -0.2) is 0 Å². The Morgan fingerprint density at radius 1 is 1.10 bits per heavy atom. The molecule has 1 aliphatic carbocycles. The van der Waals surface area contributed by atoms with E-state index in [-0.39, 0.29) is 12.5 Å². The van der Waals surface area contributed by atoms with Gasteiger partial charge in [0.15, 0.2) is 11.5 Å². The summed E-state index contributed by atoms with van der Waals surface area (Å²) in [5.74, 6) is 2.33. The first-order valence-electron chi connectivity index (χ1n) is 11.0. The number of para-hydroxylation sites is 1. The van der Waals surface area contributed by atoms with Crippen LogP contribution < -0.4 is 19.1 Å². The average Bonchev–Trinajstić information content (AvgIpc) is 3.63. The Morgan fingerprint density at radius 2 is 1.90 bits per heavy atom. The number of aliphatic hydroxyl groups excluding tert-OH is 1. The van der Waals surface area contributed by atoms with Gasteiger partial charge in [0.25, 0.3) is 0 Å². The van der Waals surface area contributed by atoms with Crippen LogP contribution in [0.4, 0.5) is 5.69 Å². The van der Waals surface area contributed by atoms with Crippen LogP contribution in [0.3, 0.4) is 0 Å². The SMILES string of the molecule is O=C1CCN(CC(O)COc2ccccc2)c2ccc3c(c2CN1C1CC1)OCCO3. The van der Waals surface area contributed by atoms with Crippen LogP contribution >= 0.6 is 0 Å². The summed E-state index contributed by atoms with van der Waals surface area (Å²) in [5.41, 5.74) is 1.95. The monoisotopic (exact) mass is 424 g/mol. The highest BCUT2D eigenvalue weighted by atomic mass is 16.6. The molecule has 2 aliphatic heterocycles. The van der Waals surface area contributed by atoms with Gasteiger partial charge in [0.05, 0.1) is 6.54 Å². The molecule has 7 heteroatoms. The first-order valence-corrected chi connectivity index (χ1v) is 11.0. The van der Waals surface area contributed by atoms with Crippen LogP contribution in [0, 0.1) is 0 Å². The van der Waals surface area contributed by atoms with Gasteiger partial charge in [-0.15, -0.1) is 0 Å². The molecule has 0 aromatic heterocycles. The Morgan fingerprint density at radius 3 is 2.71 bits per heavy atom. The van der Waals surface area contributed by atoms with Crippen LogP contribution in [-0.4, -0.2) is 61.0 Å². The molecule has 2 aromatic carbocycles. The molecule has 7 nitrogen and oxygen atoms in total. The Hall–Kier alpha value is -2.93. The van der Waals surface area contributed by atoms with Gasteiger partial charge in [0.2, 0.25) is 5.91 Å². The Labute approximate surface area is 182 Å². The number of amides is 1. The van der Waals surface area contributed by atoms with Crippen molar-refractivity contribution in [2.24, 2.45) is 0 Å². The highest BCUT2D eigenvalue weighted by molar-refractivity contribution is 5.79. The smallest absolute Gasteiger partial charge is 0.224 e. The topological polar surface area (TPSA) is 71.5 Å². The number of benzene rings is 2. The fourth-order valence-electron chi connectivity index (χ4n) is 4.29. The number of rotatable bonds is 6. The number of anilines is 1. The lowest BCUT2D eigenvalue weighted by Crippen LogP contribution is -2.42. The van der Waals surface area contributed by atoms with Crippen molar-refractivity contribution >= 4 is 11.6 Å². The van der Waals surface area contributed by atoms with Crippen molar-refractivity contribution in [1.82, 2.24) is 4.90 Å². The molecule has 0 bridgehead atoms. The summed E-state index contributed by atoms with van der Waals surface area (Å²) in [5, 5.41) is 10.7. The molecular formula is C24H28N2O5. The standard InChI is InChI=1S/C24H28N2O5/c27-18(16-31-19-4-2-1-3-5-19)14-25-11-10-23(28)26(17-6-7-17)15-20-21(25)8-9-22-24(20)30-13-12-29-22/h1-5,8-9,17-18,27H,6-7,10-16H2. The molecule has 1 saturated carbocycles. The van der Waals surface area contributed by atoms with Crippen LogP contribution in [0.15, 0.2) is 42.5 Å². The second kappa shape index (κ2) is 8.67. The lowest BCUT2D eigenvalue weighted by molar-refractivity contribution is -0.132. The molecule has 31 heavy (non-hydrogen) atoms. The predicted octanol–water partition coefficient (Wildman–Crippen LogP) is 2.60. The molecule has 2 heterocycles. The molecule has 0 radical (unpaired) electrons. The fraction of sp³-hybridized carbons (Fsp3) is 0.458. The van der Waals surface area contributed by atoms with Gasteiger partial charge >= 0.3 is 0 Å². The third kappa shape index (κ3) is 4.42. The summed E-state index contributed by atoms with van der Waals surface area (Å²) >= 11 is 0. The average molecular weight is 424 g/mol. The van der Waals surface area contributed by atoms with Crippen molar-refractivity contribution in [3.63, 3.8) is 0 Å². The maximum atomic E-state index is 12.9. The molecule has 0 spiro atoms. The summed E-state index contributed by atoms with van der Waals surface area (Å²) in [4.78, 5) is 17.0. The number of β-amino-alcohol motifs (C(OH)–C–C–N with tert-alkyl or cyclic N) is 1. The summed E-state index contributed by atoms with van der Waals surface area (Å²) in [7, 11) is 0. The number of ether oxygens (including phenoxy) is 3. The van der Waals surface area contributed by atoms with Crippen molar-refractivity contribution < 1.29 is 24.1 Å². The molecule has 1 N–H and O–H groups in total. The number of nitrogens with zero attached hydrogens (tertiary/aromatic N) is 2. The largest absolute Gasteiger partial charge is 0.491 e. The van der Waals surface area contributed by atoms with Gasteiger partial charge in [-0.3, -0.25) is 4.79 Å². The van der Waals surface area contributed by atoms with E-state index in [1.54, 1.807) is 0 Å². The van der Waals surface area contributed by atoms with E-state index < -0.39 is 6.10 Å². The zero-order chi connectivity index (χ0) is 21.2. The maximum absolute atomic E-state index is 12.9. The number of carbonyl (C=O) groups is 1. The number of hydrogen-bond donors (Lipinski definition) is 1. The Kier molecular flexibility index (Phi) is 5.59. The van der Waals surface area contributed by atoms with Crippen molar-refractivity contribution in [3.8, 4) is 17.2 Å². The van der Waals surface area contributed by atoms with E-state index in [2.05, 4.69) is 4.90 Å². The molecule has 5 rings (SSSR count). The normalized spacial score (nSPS) is 19.3. The third-order valence-electron chi connectivity index (χ3n) is 5.98. The van der Waals surface area contributed by atoms with Crippen LogP contribution in [0.25, 0.3) is 0 Å². The number of fused-ring (bicyclic) bond motifs is 3. The fourth-order valence-corrected chi connectivity index (χ4v) is 4.29. The maximum Gasteiger partial charge on any atom is 0.224 e. The molecule has 2 aromatic rings. The highest BCUT2D eigenvalue weighted by Crippen LogP contribution is 2.43. The van der Waals surface area contributed by atoms with E-state index in [1.165, 1.54) is 0 Å². The van der Waals surface area contributed by atoms with E-state index in [9.17, 15) is 9.90 Å². The third-order valence-corrected chi connectivity index (χ3v) is 5.98. The minimum absolute atomic E-state index is 0.155. The summed E-state index contributed by atoms with van der Waals surface area (Å²) in [6, 6.07) is 13.7. The number of carbonyl (C=O) groups excluding carboxylic acids is 1. The van der Waals surface area contributed by atoms with Gasteiger partial charge in [-0.05, 0) is 37.1 Å². The predicted molar refractivity (Wildman–Crippen MR) is 116 cm³/mol. The second-order valence-electron chi connectivity index (χ2n) is 8.31. The molecule has 1 unspecified atom stereocenters. The first-order chi connectivity index (χ1) is 15.2. The second-order valence-corrected chi connectivity index (χ2v) is 8.31. The molecule has 1 fully saturated rings. The Bertz CT molecular complexity index is 931. The number of aliphatic hydroxyl groups is 1. The van der Waals surface area contributed by atoms with Gasteiger partial charge in [-0.1, -0.05) is 18.2 Å². The molecule has 1 amide bonds. The molecule has 1 atom stereocenters. The molecular weight excluding hydrogens is 396 g/mol. The summed E-state index contributed by atoms with van der Waals surface area (Å²) < 4.78 is 17.5. The van der Waals surface area contributed by atoms with E-state index >= 15 is 0 Å². The van der Waals surface area contributed by atoms with Gasteiger partial charge in [-0.2, -0.15) is 0 Å². The van der Waals surface area contributed by atoms with E-state index in [1.807, 2.05) is 47.4 Å². The van der Waals surface area contributed by atoms with Crippen molar-refractivity contribution in [2.75, 3.05) is 37.8 Å². The van der Waals surface area contributed by atoms with Crippen molar-refractivity contribution in [3.05, 3.63) is 48.0 Å². The lowest BCUT2D eigenvalue weighted by Gasteiger charge is -2.36.